The van der Waals surface area contributed by atoms with Crippen molar-refractivity contribution in [2.75, 3.05) is 0 Å². The molecular formula is C36H64O2. The maximum atomic E-state index is 10.8. The van der Waals surface area contributed by atoms with Crippen LogP contribution in [0, 0.1) is 0 Å². The summed E-state index contributed by atoms with van der Waals surface area (Å²) in [5.74, 6) is -0.653. The first kappa shape index (κ1) is 34.7. The number of unbranched alkanes of at least 4 members (excludes halogenated alkanes) is 17. The molecule has 2 heteroatoms. The van der Waals surface area contributed by atoms with Gasteiger partial charge in [-0.2, -0.15) is 0 Å². The third-order valence-electron chi connectivity index (χ3n) is 8.32. The number of hydrogen-bond donors (Lipinski definition) is 1. The van der Waals surface area contributed by atoms with Gasteiger partial charge in [0.05, 0.1) is 0 Å². The molecule has 0 aliphatic heterocycles. The number of carbonyl (C=O) groups is 1. The lowest BCUT2D eigenvalue weighted by Gasteiger charge is -2.20. The lowest BCUT2D eigenvalue weighted by atomic mass is 9.85. The summed E-state index contributed by atoms with van der Waals surface area (Å²) in [6, 6.07) is 5.02. The minimum atomic E-state index is -0.653. The monoisotopic (exact) mass is 528 g/mol. The van der Waals surface area contributed by atoms with Crippen LogP contribution in [-0.4, -0.2) is 11.1 Å². The number of hydrogen-bond acceptors (Lipinski definition) is 1. The van der Waals surface area contributed by atoms with Crippen molar-refractivity contribution in [1.29, 1.82) is 0 Å². The average molecular weight is 529 g/mol. The van der Waals surface area contributed by atoms with Gasteiger partial charge >= 0.3 is 5.97 Å². The van der Waals surface area contributed by atoms with E-state index >= 15 is 0 Å². The van der Waals surface area contributed by atoms with Crippen LogP contribution in [-0.2, 0) is 30.5 Å². The molecule has 0 heterocycles. The Kier molecular flexibility index (Phi) is 22.6. The fraction of sp³-hybridized carbons (Fsp3) is 0.806. The Hall–Kier alpha value is -1.31. The van der Waals surface area contributed by atoms with Gasteiger partial charge in [0.15, 0.2) is 0 Å². The molecule has 0 aliphatic rings. The van der Waals surface area contributed by atoms with Crippen molar-refractivity contribution in [2.24, 2.45) is 0 Å². The van der Waals surface area contributed by atoms with Crippen molar-refractivity contribution in [3.63, 3.8) is 0 Å². The van der Waals surface area contributed by atoms with Gasteiger partial charge in [0.2, 0.25) is 0 Å². The molecule has 0 saturated heterocycles. The topological polar surface area (TPSA) is 37.3 Å². The van der Waals surface area contributed by atoms with Gasteiger partial charge in [-0.3, -0.25) is 4.79 Å². The van der Waals surface area contributed by atoms with Gasteiger partial charge < -0.3 is 5.11 Å². The summed E-state index contributed by atoms with van der Waals surface area (Å²) in [5.41, 5.74) is 6.74. The molecule has 1 aromatic rings. The van der Waals surface area contributed by atoms with Crippen molar-refractivity contribution < 1.29 is 9.90 Å². The predicted octanol–water partition coefficient (Wildman–Crippen LogP) is 11.6. The number of rotatable bonds is 27. The van der Waals surface area contributed by atoms with Crippen LogP contribution in [0.5, 0.6) is 0 Å². The van der Waals surface area contributed by atoms with E-state index in [1.54, 1.807) is 22.3 Å². The summed E-state index contributed by atoms with van der Waals surface area (Å²) in [6.07, 6.45) is 32.6. The predicted molar refractivity (Wildman–Crippen MR) is 167 cm³/mol. The molecule has 0 fully saturated rings. The zero-order valence-corrected chi connectivity index (χ0v) is 25.9. The lowest BCUT2D eigenvalue weighted by molar-refractivity contribution is -0.137. The van der Waals surface area contributed by atoms with E-state index in [1.165, 1.54) is 148 Å². The first-order valence-electron chi connectivity index (χ1n) is 17.0. The van der Waals surface area contributed by atoms with Gasteiger partial charge in [0.25, 0.3) is 0 Å². The van der Waals surface area contributed by atoms with Gasteiger partial charge in [-0.1, -0.05) is 136 Å². The number of aryl methyl sites for hydroxylation is 2. The van der Waals surface area contributed by atoms with E-state index in [0.717, 1.165) is 12.8 Å². The van der Waals surface area contributed by atoms with E-state index in [9.17, 15) is 4.79 Å². The Morgan fingerprint density at radius 3 is 1.18 bits per heavy atom. The summed E-state index contributed by atoms with van der Waals surface area (Å²) < 4.78 is 0. The van der Waals surface area contributed by atoms with Crippen LogP contribution in [0.4, 0.5) is 0 Å². The molecule has 1 N–H and O–H groups in total. The summed E-state index contributed by atoms with van der Waals surface area (Å²) in [7, 11) is 0. The average Bonchev–Trinajstić information content (AvgIpc) is 2.91. The van der Waals surface area contributed by atoms with Crippen LogP contribution in [0.15, 0.2) is 12.1 Å². The highest BCUT2D eigenvalue weighted by molar-refractivity contribution is 5.66. The SMILES string of the molecule is CCCCCCCCc1ccc(CCCCCC)c(CCCCCCCC)c1CCCCCCCC(=O)O. The number of aliphatic carboxylic acids is 1. The molecule has 0 unspecified atom stereocenters. The van der Waals surface area contributed by atoms with Crippen LogP contribution in [0.2, 0.25) is 0 Å². The summed E-state index contributed by atoms with van der Waals surface area (Å²) in [4.78, 5) is 10.8. The molecule has 0 amide bonds. The van der Waals surface area contributed by atoms with Gasteiger partial charge in [-0.15, -0.1) is 0 Å². The van der Waals surface area contributed by atoms with Crippen LogP contribution in [0.3, 0.4) is 0 Å². The van der Waals surface area contributed by atoms with E-state index in [4.69, 9.17) is 5.11 Å². The van der Waals surface area contributed by atoms with Gasteiger partial charge in [0.1, 0.15) is 0 Å². The third-order valence-corrected chi connectivity index (χ3v) is 8.32. The van der Waals surface area contributed by atoms with Crippen LogP contribution in [0.25, 0.3) is 0 Å². The molecule has 220 valence electrons. The molecule has 0 spiro atoms. The highest BCUT2D eigenvalue weighted by Gasteiger charge is 2.14. The number of carboxylic acids is 1. The van der Waals surface area contributed by atoms with Gasteiger partial charge in [0, 0.05) is 6.42 Å². The third kappa shape index (κ3) is 17.3. The first-order valence-corrected chi connectivity index (χ1v) is 17.0. The summed E-state index contributed by atoms with van der Waals surface area (Å²) in [5, 5.41) is 8.91. The largest absolute Gasteiger partial charge is 0.481 e. The maximum Gasteiger partial charge on any atom is 0.303 e. The molecule has 0 radical (unpaired) electrons. The second kappa shape index (κ2) is 24.7. The lowest BCUT2D eigenvalue weighted by Crippen LogP contribution is -2.07. The summed E-state index contributed by atoms with van der Waals surface area (Å²) in [6.45, 7) is 6.91. The van der Waals surface area contributed by atoms with Crippen molar-refractivity contribution in [1.82, 2.24) is 0 Å². The molecule has 0 saturated carbocycles. The summed E-state index contributed by atoms with van der Waals surface area (Å²) >= 11 is 0. The van der Waals surface area contributed by atoms with Crippen LogP contribution in [0.1, 0.15) is 184 Å². The Balaban J connectivity index is 2.90. The Bertz CT molecular complexity index is 693. The number of carboxylic acid groups (broad SMARTS) is 1. The van der Waals surface area contributed by atoms with E-state index in [1.807, 2.05) is 0 Å². The second-order valence-electron chi connectivity index (χ2n) is 11.8. The van der Waals surface area contributed by atoms with E-state index < -0.39 is 5.97 Å². The van der Waals surface area contributed by atoms with E-state index in [2.05, 4.69) is 32.9 Å². The Morgan fingerprint density at radius 2 is 0.789 bits per heavy atom. The highest BCUT2D eigenvalue weighted by Crippen LogP contribution is 2.28. The highest BCUT2D eigenvalue weighted by atomic mass is 16.4. The Morgan fingerprint density at radius 1 is 0.474 bits per heavy atom. The molecule has 38 heavy (non-hydrogen) atoms. The molecule has 0 atom stereocenters. The quantitative estimate of drug-likeness (QED) is 0.115. The molecule has 2 nitrogen and oxygen atoms in total. The normalized spacial score (nSPS) is 11.3. The number of benzene rings is 1. The molecule has 0 aliphatic carbocycles. The first-order chi connectivity index (χ1) is 18.6. The van der Waals surface area contributed by atoms with E-state index in [-0.39, 0.29) is 0 Å². The zero-order chi connectivity index (χ0) is 27.7. The molecule has 1 rings (SSSR count). The van der Waals surface area contributed by atoms with Gasteiger partial charge in [-0.05, 0) is 80.0 Å². The minimum Gasteiger partial charge on any atom is -0.481 e. The van der Waals surface area contributed by atoms with Crippen molar-refractivity contribution in [2.45, 2.75) is 188 Å². The molecule has 1 aromatic carbocycles. The van der Waals surface area contributed by atoms with Crippen LogP contribution >= 0.6 is 0 Å². The standard InChI is InChI=1S/C36H64O2/c1-4-7-10-13-16-21-26-33-31-30-32(25-20-12-9-6-3)34(27-22-17-14-11-8-5-2)35(33)28-23-18-15-19-24-29-36(37)38/h30-31H,4-29H2,1-3H3,(H,37,38). The minimum absolute atomic E-state index is 0.324. The molecule has 0 bridgehead atoms. The Labute approximate surface area is 237 Å². The fourth-order valence-corrected chi connectivity index (χ4v) is 5.91. The van der Waals surface area contributed by atoms with Crippen LogP contribution < -0.4 is 0 Å². The maximum absolute atomic E-state index is 10.8. The van der Waals surface area contributed by atoms with Crippen molar-refractivity contribution in [3.8, 4) is 0 Å². The smallest absolute Gasteiger partial charge is 0.303 e. The molecule has 0 aromatic heterocycles. The zero-order valence-electron chi connectivity index (χ0n) is 25.9. The fourth-order valence-electron chi connectivity index (χ4n) is 5.91. The van der Waals surface area contributed by atoms with Crippen molar-refractivity contribution >= 4 is 5.97 Å². The van der Waals surface area contributed by atoms with Gasteiger partial charge in [-0.25, -0.2) is 0 Å². The molecular weight excluding hydrogens is 464 g/mol. The van der Waals surface area contributed by atoms with E-state index in [0.29, 0.717) is 6.42 Å². The van der Waals surface area contributed by atoms with Crippen molar-refractivity contribution in [3.05, 3.63) is 34.4 Å². The second-order valence-corrected chi connectivity index (χ2v) is 11.8.